The van der Waals surface area contributed by atoms with Crippen LogP contribution in [0.25, 0.3) is 0 Å². The van der Waals surface area contributed by atoms with Gasteiger partial charge in [-0.2, -0.15) is 0 Å². The summed E-state index contributed by atoms with van der Waals surface area (Å²) in [6, 6.07) is 19.6. The fourth-order valence-electron chi connectivity index (χ4n) is 6.61. The van der Waals surface area contributed by atoms with Crippen LogP contribution < -0.4 is 0 Å². The van der Waals surface area contributed by atoms with Gasteiger partial charge in [-0.1, -0.05) is 128 Å². The van der Waals surface area contributed by atoms with Crippen LogP contribution in [0.15, 0.2) is 60.7 Å². The van der Waals surface area contributed by atoms with E-state index in [1.54, 1.807) is 11.9 Å². The molecule has 0 aliphatic rings. The van der Waals surface area contributed by atoms with Crippen molar-refractivity contribution in [2.75, 3.05) is 33.2 Å². The Kier molecular flexibility index (Phi) is 23.9. The highest BCUT2D eigenvalue weighted by molar-refractivity contribution is 6.74. The molecule has 0 saturated heterocycles. The first-order valence-electron chi connectivity index (χ1n) is 23.7. The average molecular weight is 913 g/mol. The standard InChI is InChI=1S/C51H88N2O8Si2/c1-49(2,3)59-48(56)52(10)36-27-37-53(38-44(60-62(11,12)50(4,5)6)32-23-17-25-34-46(54)57-40-42-28-19-15-20-29-42)39-45(61-63(13,14)51(7,8)9)33-24-18-26-35-47(55)58-41-43-30-21-16-22-31-43/h15-16,19-22,28-31,44-45H,17-18,23-27,32-41H2,1-14H3. The third-order valence-electron chi connectivity index (χ3n) is 12.4. The zero-order valence-corrected chi connectivity index (χ0v) is 44.1. The molecule has 0 heterocycles. The number of unbranched alkanes of at least 4 members (excludes halogenated alkanes) is 4. The number of benzene rings is 2. The first-order valence-corrected chi connectivity index (χ1v) is 29.5. The second-order valence-corrected chi connectivity index (χ2v) is 31.0. The van der Waals surface area contributed by atoms with Gasteiger partial charge in [0, 0.05) is 46.1 Å². The highest BCUT2D eigenvalue weighted by Crippen LogP contribution is 2.39. The number of carbonyl (C=O) groups is 3. The van der Waals surface area contributed by atoms with Crippen LogP contribution in [0.4, 0.5) is 4.79 Å². The lowest BCUT2D eigenvalue weighted by Crippen LogP contribution is -2.50. The summed E-state index contributed by atoms with van der Waals surface area (Å²) in [4.78, 5) is 42.3. The summed E-state index contributed by atoms with van der Waals surface area (Å²) in [5.41, 5.74) is 1.42. The van der Waals surface area contributed by atoms with Crippen molar-refractivity contribution in [1.82, 2.24) is 9.80 Å². The topological polar surface area (TPSA) is 104 Å². The van der Waals surface area contributed by atoms with Crippen LogP contribution in [0, 0.1) is 0 Å². The molecule has 0 N–H and O–H groups in total. The molecule has 2 aromatic rings. The van der Waals surface area contributed by atoms with Crippen molar-refractivity contribution in [3.05, 3.63) is 71.8 Å². The number of ether oxygens (including phenoxy) is 3. The third-order valence-corrected chi connectivity index (χ3v) is 21.5. The molecule has 0 saturated carbocycles. The summed E-state index contributed by atoms with van der Waals surface area (Å²) in [7, 11) is -2.50. The SMILES string of the molecule is CN(CCCN(CC(CCCCCC(=O)OCc1ccccc1)O[Si](C)(C)C(C)(C)C)CC(CCCCCC(=O)OCc1ccccc1)O[Si](C)(C)C(C)(C)C)C(=O)OC(C)(C)C. The molecule has 0 aromatic heterocycles. The van der Waals surface area contributed by atoms with E-state index in [9.17, 15) is 14.4 Å². The van der Waals surface area contributed by atoms with Gasteiger partial charge < -0.3 is 28.0 Å². The first kappa shape index (κ1) is 56.1. The van der Waals surface area contributed by atoms with Gasteiger partial charge in [0.1, 0.15) is 18.8 Å². The average Bonchev–Trinajstić information content (AvgIpc) is 3.17. The second-order valence-electron chi connectivity index (χ2n) is 21.5. The predicted octanol–water partition coefficient (Wildman–Crippen LogP) is 12.7. The van der Waals surface area contributed by atoms with Gasteiger partial charge in [-0.05, 0) is 100 Å². The Morgan fingerprint density at radius 2 is 0.952 bits per heavy atom. The maximum atomic E-state index is 12.9. The Labute approximate surface area is 385 Å². The Balaban J connectivity index is 2.23. The smallest absolute Gasteiger partial charge is 0.410 e. The van der Waals surface area contributed by atoms with Crippen LogP contribution in [0.3, 0.4) is 0 Å². The summed E-state index contributed by atoms with van der Waals surface area (Å²) < 4.78 is 31.2. The number of nitrogens with zero attached hydrogens (tertiary/aromatic N) is 2. The predicted molar refractivity (Wildman–Crippen MR) is 263 cm³/mol. The first-order chi connectivity index (χ1) is 29.3. The van der Waals surface area contributed by atoms with Crippen LogP contribution >= 0.6 is 0 Å². The minimum atomic E-state index is -2.15. The highest BCUT2D eigenvalue weighted by Gasteiger charge is 2.41. The zero-order valence-electron chi connectivity index (χ0n) is 42.1. The van der Waals surface area contributed by atoms with Gasteiger partial charge in [0.15, 0.2) is 16.6 Å². The van der Waals surface area contributed by atoms with Gasteiger partial charge in [0.05, 0.1) is 12.2 Å². The van der Waals surface area contributed by atoms with E-state index in [-0.39, 0.29) is 40.3 Å². The maximum absolute atomic E-state index is 12.9. The summed E-state index contributed by atoms with van der Waals surface area (Å²) in [6.45, 7) is 32.1. The number of hydrogen-bond acceptors (Lipinski definition) is 9. The van der Waals surface area contributed by atoms with Crippen molar-refractivity contribution < 1.29 is 37.4 Å². The second kappa shape index (κ2) is 26.8. The van der Waals surface area contributed by atoms with E-state index in [1.165, 1.54) is 0 Å². The molecule has 0 fully saturated rings. The number of carbonyl (C=O) groups excluding carboxylic acids is 3. The normalized spacial score (nSPS) is 13.7. The van der Waals surface area contributed by atoms with E-state index in [0.29, 0.717) is 32.6 Å². The number of hydrogen-bond donors (Lipinski definition) is 0. The van der Waals surface area contributed by atoms with Crippen molar-refractivity contribution in [3.63, 3.8) is 0 Å². The fraction of sp³-hybridized carbons (Fsp3) is 0.706. The van der Waals surface area contributed by atoms with Crippen LogP contribution in [0.5, 0.6) is 0 Å². The van der Waals surface area contributed by atoms with Crippen LogP contribution in [0.1, 0.15) is 144 Å². The lowest BCUT2D eigenvalue weighted by atomic mass is 10.1. The Hall–Kier alpha value is -3.04. The Morgan fingerprint density at radius 1 is 0.556 bits per heavy atom. The van der Waals surface area contributed by atoms with Gasteiger partial charge in [0.2, 0.25) is 0 Å². The molecule has 10 nitrogen and oxygen atoms in total. The minimum Gasteiger partial charge on any atom is -0.461 e. The molecule has 0 radical (unpaired) electrons. The van der Waals surface area contributed by atoms with Gasteiger partial charge in [-0.15, -0.1) is 0 Å². The van der Waals surface area contributed by atoms with Gasteiger partial charge >= 0.3 is 18.0 Å². The third kappa shape index (κ3) is 23.6. The van der Waals surface area contributed by atoms with E-state index in [2.05, 4.69) is 72.6 Å². The van der Waals surface area contributed by atoms with Gasteiger partial charge in [-0.25, -0.2) is 4.79 Å². The quantitative estimate of drug-likeness (QED) is 0.0357. The zero-order chi connectivity index (χ0) is 47.3. The van der Waals surface area contributed by atoms with Crippen LogP contribution in [0.2, 0.25) is 36.3 Å². The van der Waals surface area contributed by atoms with Crippen molar-refractivity contribution in [1.29, 1.82) is 0 Å². The summed E-state index contributed by atoms with van der Waals surface area (Å²) >= 11 is 0. The molecule has 1 amide bonds. The molecule has 2 atom stereocenters. The number of esters is 2. The Bertz CT molecular complexity index is 1500. The van der Waals surface area contributed by atoms with E-state index in [4.69, 9.17) is 23.1 Å². The number of rotatable bonds is 28. The molecule has 12 heteroatoms. The Morgan fingerprint density at radius 3 is 1.32 bits per heavy atom. The largest absolute Gasteiger partial charge is 0.461 e. The van der Waals surface area contributed by atoms with E-state index in [1.807, 2.05) is 81.4 Å². The molecule has 2 rings (SSSR count). The molecule has 63 heavy (non-hydrogen) atoms. The van der Waals surface area contributed by atoms with Crippen molar-refractivity contribution in [2.24, 2.45) is 0 Å². The van der Waals surface area contributed by atoms with E-state index >= 15 is 0 Å². The van der Waals surface area contributed by atoms with Crippen molar-refractivity contribution in [3.8, 4) is 0 Å². The van der Waals surface area contributed by atoms with Crippen LogP contribution in [-0.2, 0) is 45.9 Å². The molecule has 358 valence electrons. The van der Waals surface area contributed by atoms with Crippen molar-refractivity contribution in [2.45, 2.75) is 200 Å². The highest BCUT2D eigenvalue weighted by atomic mass is 28.4. The summed E-state index contributed by atoms with van der Waals surface area (Å²) in [5, 5.41) is 0.0767. The van der Waals surface area contributed by atoms with Gasteiger partial charge in [0.25, 0.3) is 0 Å². The monoisotopic (exact) mass is 913 g/mol. The minimum absolute atomic E-state index is 0.00470. The molecule has 0 spiro atoms. The van der Waals surface area contributed by atoms with E-state index in [0.717, 1.165) is 88.5 Å². The van der Waals surface area contributed by atoms with E-state index < -0.39 is 22.2 Å². The maximum Gasteiger partial charge on any atom is 0.410 e. The van der Waals surface area contributed by atoms with Crippen molar-refractivity contribution >= 4 is 34.7 Å². The fourth-order valence-corrected chi connectivity index (χ4v) is 9.37. The lowest BCUT2D eigenvalue weighted by Gasteiger charge is -2.43. The molecule has 0 aliphatic heterocycles. The number of amides is 1. The molecule has 2 aromatic carbocycles. The summed E-state index contributed by atoms with van der Waals surface area (Å²) in [6.07, 6.45) is 8.26. The van der Waals surface area contributed by atoms with Crippen LogP contribution in [-0.4, -0.2) is 95.5 Å². The summed E-state index contributed by atoms with van der Waals surface area (Å²) in [5.74, 6) is -0.322. The molecular weight excluding hydrogens is 825 g/mol. The molecule has 0 aliphatic carbocycles. The lowest BCUT2D eigenvalue weighted by molar-refractivity contribution is -0.146. The molecule has 2 unspecified atom stereocenters. The van der Waals surface area contributed by atoms with Gasteiger partial charge in [-0.3, -0.25) is 14.5 Å². The molecular formula is C51H88N2O8Si2. The molecule has 0 bridgehead atoms.